The fourth-order valence-electron chi connectivity index (χ4n) is 3.66. The van der Waals surface area contributed by atoms with Gasteiger partial charge in [0.15, 0.2) is 0 Å². The van der Waals surface area contributed by atoms with Crippen LogP contribution in [0.4, 0.5) is 0 Å². The number of sulfonamides is 1. The van der Waals surface area contributed by atoms with Crippen LogP contribution in [0.2, 0.25) is 0 Å². The quantitative estimate of drug-likeness (QED) is 0.520. The Morgan fingerprint density at radius 3 is 1.91 bits per heavy atom. The summed E-state index contributed by atoms with van der Waals surface area (Å²) in [6.07, 6.45) is 2.94. The molecule has 1 aromatic heterocycles. The van der Waals surface area contributed by atoms with Crippen LogP contribution in [0.5, 0.6) is 0 Å². The number of amides is 2. The molecule has 0 aliphatic carbocycles. The Kier molecular flexibility index (Phi) is 7.31. The normalized spacial score (nSPS) is 14.9. The first kappa shape index (κ1) is 23.6. The molecule has 0 spiro atoms. The summed E-state index contributed by atoms with van der Waals surface area (Å²) in [4.78, 5) is 30.5. The van der Waals surface area contributed by atoms with Crippen molar-refractivity contribution in [1.82, 2.24) is 25.0 Å². The Bertz CT molecular complexity index is 1230. The molecule has 176 valence electrons. The largest absolute Gasteiger partial charge is 0.296 e. The number of rotatable bonds is 6. The fraction of sp³-hybridized carbons (Fsp3) is 0.208. The van der Waals surface area contributed by atoms with Crippen molar-refractivity contribution in [3.8, 4) is 0 Å². The number of aromatic nitrogens is 1. The lowest BCUT2D eigenvalue weighted by molar-refractivity contribution is 0.0846. The van der Waals surface area contributed by atoms with E-state index in [0.717, 1.165) is 6.54 Å². The van der Waals surface area contributed by atoms with Gasteiger partial charge in [0.1, 0.15) is 0 Å². The molecule has 4 rings (SSSR count). The van der Waals surface area contributed by atoms with E-state index in [1.807, 2.05) is 18.2 Å². The molecule has 9 nitrogen and oxygen atoms in total. The number of nitrogens with zero attached hydrogens (tertiary/aromatic N) is 3. The van der Waals surface area contributed by atoms with Crippen LogP contribution in [-0.2, 0) is 16.6 Å². The molecule has 0 bridgehead atoms. The second-order valence-electron chi connectivity index (χ2n) is 7.83. The highest BCUT2D eigenvalue weighted by molar-refractivity contribution is 7.89. The molecule has 2 N–H and O–H groups in total. The Balaban J connectivity index is 1.32. The first-order chi connectivity index (χ1) is 16.4. The van der Waals surface area contributed by atoms with Gasteiger partial charge in [0.25, 0.3) is 11.8 Å². The lowest BCUT2D eigenvalue weighted by atomic mass is 10.2. The summed E-state index contributed by atoms with van der Waals surface area (Å²) >= 11 is 0. The van der Waals surface area contributed by atoms with Crippen molar-refractivity contribution in [3.05, 3.63) is 95.8 Å². The molecule has 2 heterocycles. The fourth-order valence-corrected chi connectivity index (χ4v) is 5.08. The van der Waals surface area contributed by atoms with Gasteiger partial charge in [-0.15, -0.1) is 0 Å². The summed E-state index contributed by atoms with van der Waals surface area (Å²) in [6, 6.07) is 18.8. The zero-order valence-corrected chi connectivity index (χ0v) is 19.2. The van der Waals surface area contributed by atoms with E-state index in [2.05, 4.69) is 32.9 Å². The number of hydrogen-bond acceptors (Lipinski definition) is 6. The van der Waals surface area contributed by atoms with Gasteiger partial charge < -0.3 is 0 Å². The van der Waals surface area contributed by atoms with Gasteiger partial charge in [-0.05, 0) is 42.0 Å². The monoisotopic (exact) mass is 479 g/mol. The highest BCUT2D eigenvalue weighted by Gasteiger charge is 2.28. The van der Waals surface area contributed by atoms with E-state index in [0.29, 0.717) is 31.7 Å². The third-order valence-corrected chi connectivity index (χ3v) is 7.48. The van der Waals surface area contributed by atoms with Gasteiger partial charge in [0.05, 0.1) is 4.90 Å². The van der Waals surface area contributed by atoms with Crippen molar-refractivity contribution in [3.63, 3.8) is 0 Å². The van der Waals surface area contributed by atoms with Gasteiger partial charge in [-0.1, -0.05) is 30.3 Å². The second-order valence-corrected chi connectivity index (χ2v) is 9.77. The number of hydrazine groups is 1. The molecule has 2 amide bonds. The molecule has 10 heteroatoms. The van der Waals surface area contributed by atoms with Crippen LogP contribution in [0.25, 0.3) is 0 Å². The molecule has 34 heavy (non-hydrogen) atoms. The maximum atomic E-state index is 13.1. The molecule has 0 unspecified atom stereocenters. The van der Waals surface area contributed by atoms with Crippen LogP contribution in [0.3, 0.4) is 0 Å². The maximum Gasteiger partial charge on any atom is 0.269 e. The number of carbonyl (C=O) groups excluding carboxylic acids is 2. The minimum Gasteiger partial charge on any atom is -0.296 e. The van der Waals surface area contributed by atoms with E-state index < -0.39 is 21.8 Å². The zero-order chi connectivity index (χ0) is 24.0. The van der Waals surface area contributed by atoms with Crippen LogP contribution in [0.1, 0.15) is 26.3 Å². The summed E-state index contributed by atoms with van der Waals surface area (Å²) in [5, 5.41) is 0. The van der Waals surface area contributed by atoms with E-state index in [1.54, 1.807) is 0 Å². The predicted octanol–water partition coefficient (Wildman–Crippen LogP) is 1.66. The SMILES string of the molecule is O=C(NNC(=O)c1ccc(S(=O)(=O)N2CCN(Cc3ccccc3)CC2)cc1)c1ccncc1. The molecule has 1 aliphatic rings. The first-order valence-electron chi connectivity index (χ1n) is 10.8. The molecule has 2 aromatic carbocycles. The van der Waals surface area contributed by atoms with Crippen LogP contribution in [0, 0.1) is 0 Å². The van der Waals surface area contributed by atoms with E-state index >= 15 is 0 Å². The van der Waals surface area contributed by atoms with E-state index in [1.165, 1.54) is 58.7 Å². The molecular formula is C24H25N5O4S. The summed E-state index contributed by atoms with van der Waals surface area (Å²) in [5.74, 6) is -1.04. The van der Waals surface area contributed by atoms with Crippen LogP contribution in [-0.4, -0.2) is 60.6 Å². The number of benzene rings is 2. The smallest absolute Gasteiger partial charge is 0.269 e. The van der Waals surface area contributed by atoms with Crippen molar-refractivity contribution < 1.29 is 18.0 Å². The average Bonchev–Trinajstić information content (AvgIpc) is 2.88. The number of hydrogen-bond donors (Lipinski definition) is 2. The molecule has 3 aromatic rings. The van der Waals surface area contributed by atoms with Gasteiger partial charge in [-0.2, -0.15) is 4.31 Å². The standard InChI is InChI=1S/C24H25N5O4S/c30-23(26-27-24(31)21-10-12-25-13-11-21)20-6-8-22(9-7-20)34(32,33)29-16-14-28(15-17-29)18-19-4-2-1-3-5-19/h1-13H,14-18H2,(H,26,30)(H,27,31). The van der Waals surface area contributed by atoms with E-state index in [4.69, 9.17) is 0 Å². The van der Waals surface area contributed by atoms with E-state index in [-0.39, 0.29) is 10.5 Å². The number of piperazine rings is 1. The molecule has 1 aliphatic heterocycles. The van der Waals surface area contributed by atoms with E-state index in [9.17, 15) is 18.0 Å². The third-order valence-electron chi connectivity index (χ3n) is 5.57. The van der Waals surface area contributed by atoms with Crippen molar-refractivity contribution >= 4 is 21.8 Å². The summed E-state index contributed by atoms with van der Waals surface area (Å²) in [7, 11) is -3.66. The third kappa shape index (κ3) is 5.66. The highest BCUT2D eigenvalue weighted by atomic mass is 32.2. The number of pyridine rings is 1. The minimum atomic E-state index is -3.66. The first-order valence-corrected chi connectivity index (χ1v) is 12.2. The van der Waals surface area contributed by atoms with Crippen LogP contribution >= 0.6 is 0 Å². The highest BCUT2D eigenvalue weighted by Crippen LogP contribution is 2.19. The summed E-state index contributed by atoms with van der Waals surface area (Å²) in [5.41, 5.74) is 6.41. The molecule has 0 radical (unpaired) electrons. The van der Waals surface area contributed by atoms with Crippen molar-refractivity contribution in [2.75, 3.05) is 26.2 Å². The molecule has 0 saturated carbocycles. The maximum absolute atomic E-state index is 13.1. The lowest BCUT2D eigenvalue weighted by Gasteiger charge is -2.34. The molecule has 1 fully saturated rings. The Hall–Kier alpha value is -3.60. The Labute approximate surface area is 198 Å². The predicted molar refractivity (Wildman–Crippen MR) is 126 cm³/mol. The Morgan fingerprint density at radius 1 is 0.765 bits per heavy atom. The van der Waals surface area contributed by atoms with Gasteiger partial charge in [-0.3, -0.25) is 30.3 Å². The van der Waals surface area contributed by atoms with Crippen molar-refractivity contribution in [1.29, 1.82) is 0 Å². The van der Waals surface area contributed by atoms with Gasteiger partial charge in [0.2, 0.25) is 10.0 Å². The van der Waals surface area contributed by atoms with Gasteiger partial charge >= 0.3 is 0 Å². The topological polar surface area (TPSA) is 112 Å². The zero-order valence-electron chi connectivity index (χ0n) is 18.4. The minimum absolute atomic E-state index is 0.126. The molecule has 0 atom stereocenters. The Morgan fingerprint density at radius 2 is 1.32 bits per heavy atom. The second kappa shape index (κ2) is 10.6. The number of nitrogens with one attached hydrogen (secondary N) is 2. The summed E-state index contributed by atoms with van der Waals surface area (Å²) < 4.78 is 27.6. The average molecular weight is 480 g/mol. The van der Waals surface area contributed by atoms with Crippen molar-refractivity contribution in [2.24, 2.45) is 0 Å². The van der Waals surface area contributed by atoms with Crippen LogP contribution < -0.4 is 10.9 Å². The lowest BCUT2D eigenvalue weighted by Crippen LogP contribution is -2.48. The van der Waals surface area contributed by atoms with Gasteiger partial charge in [-0.25, -0.2) is 8.42 Å². The van der Waals surface area contributed by atoms with Crippen LogP contribution in [0.15, 0.2) is 84.0 Å². The van der Waals surface area contributed by atoms with Crippen molar-refractivity contribution in [2.45, 2.75) is 11.4 Å². The molecular weight excluding hydrogens is 454 g/mol. The summed E-state index contributed by atoms with van der Waals surface area (Å²) in [6.45, 7) is 2.88. The molecule has 1 saturated heterocycles. The van der Waals surface area contributed by atoms with Gasteiger partial charge in [0, 0.05) is 56.2 Å². The number of carbonyl (C=O) groups is 2.